The Morgan fingerprint density at radius 3 is 2.68 bits per heavy atom. The molecular formula is C24H22ClN9O4. The Kier molecular flexibility index (Phi) is 8.18. The number of rotatable bonds is 10. The summed E-state index contributed by atoms with van der Waals surface area (Å²) in [5.74, 6) is -2.09. The molecule has 194 valence electrons. The van der Waals surface area contributed by atoms with Crippen LogP contribution in [0.5, 0.6) is 0 Å². The van der Waals surface area contributed by atoms with Gasteiger partial charge in [-0.3, -0.25) is 14.3 Å². The highest BCUT2D eigenvalue weighted by Crippen LogP contribution is 2.20. The number of anilines is 1. The first-order chi connectivity index (χ1) is 18.3. The quantitative estimate of drug-likeness (QED) is 0.257. The number of carboxylic acid groups (broad SMARTS) is 1. The zero-order valence-corrected chi connectivity index (χ0v) is 20.8. The van der Waals surface area contributed by atoms with Crippen molar-refractivity contribution in [1.82, 2.24) is 40.3 Å². The number of hydrogen-bond acceptors (Lipinski definition) is 8. The predicted molar refractivity (Wildman–Crippen MR) is 137 cm³/mol. The Bertz CT molecular complexity index is 1470. The molecular weight excluding hydrogens is 514 g/mol. The number of tetrazole rings is 1. The fourth-order valence-electron chi connectivity index (χ4n) is 3.44. The number of nitrogens with zero attached hydrogens (tertiary/aromatic N) is 7. The van der Waals surface area contributed by atoms with Gasteiger partial charge in [0.25, 0.3) is 0 Å². The van der Waals surface area contributed by atoms with Crippen molar-refractivity contribution in [2.75, 3.05) is 5.32 Å². The van der Waals surface area contributed by atoms with Crippen LogP contribution >= 0.6 is 11.6 Å². The van der Waals surface area contributed by atoms with Crippen molar-refractivity contribution in [2.45, 2.75) is 25.9 Å². The summed E-state index contributed by atoms with van der Waals surface area (Å²) in [6.45, 7) is 2.58. The predicted octanol–water partition coefficient (Wildman–Crippen LogP) is 2.00. The molecule has 4 rings (SSSR count). The number of benzene rings is 1. The molecule has 1 unspecified atom stereocenters. The number of amides is 2. The summed E-state index contributed by atoms with van der Waals surface area (Å²) in [6, 6.07) is 8.46. The number of hydrogen-bond donors (Lipinski definition) is 3. The first kappa shape index (κ1) is 26.2. The molecule has 1 atom stereocenters. The molecule has 13 nitrogen and oxygen atoms in total. The molecule has 1 aromatic carbocycles. The van der Waals surface area contributed by atoms with Gasteiger partial charge in [0.2, 0.25) is 11.8 Å². The molecule has 0 aliphatic carbocycles. The van der Waals surface area contributed by atoms with Crippen LogP contribution in [-0.2, 0) is 22.6 Å². The number of carbonyl (C=O) groups excluding carboxylic acids is 2. The summed E-state index contributed by atoms with van der Waals surface area (Å²) in [5, 5.41) is 30.3. The summed E-state index contributed by atoms with van der Waals surface area (Å²) in [7, 11) is 0. The molecule has 38 heavy (non-hydrogen) atoms. The maximum atomic E-state index is 13.1. The number of aromatic nitrogens is 7. The van der Waals surface area contributed by atoms with E-state index < -0.39 is 23.8 Å². The summed E-state index contributed by atoms with van der Waals surface area (Å²) in [4.78, 5) is 41.0. The van der Waals surface area contributed by atoms with Crippen LogP contribution in [0.3, 0.4) is 0 Å². The van der Waals surface area contributed by atoms with Crippen molar-refractivity contribution in [1.29, 1.82) is 0 Å². The second-order valence-corrected chi connectivity index (χ2v) is 8.38. The van der Waals surface area contributed by atoms with Crippen molar-refractivity contribution in [3.05, 3.63) is 83.0 Å². The third kappa shape index (κ3) is 6.64. The third-order valence-electron chi connectivity index (χ3n) is 5.33. The van der Waals surface area contributed by atoms with Crippen LogP contribution in [-0.4, -0.2) is 63.9 Å². The van der Waals surface area contributed by atoms with E-state index in [1.54, 1.807) is 35.1 Å². The molecule has 0 fully saturated rings. The fraction of sp³-hybridized carbons (Fsp3) is 0.167. The number of aromatic carboxylic acids is 1. The smallest absolute Gasteiger partial charge is 0.337 e. The van der Waals surface area contributed by atoms with Crippen LogP contribution < -0.4 is 10.6 Å². The molecule has 0 saturated carbocycles. The van der Waals surface area contributed by atoms with Crippen LogP contribution in [0.15, 0.2) is 61.2 Å². The third-order valence-corrected chi connectivity index (χ3v) is 5.56. The molecule has 3 heterocycles. The van der Waals surface area contributed by atoms with Crippen molar-refractivity contribution in [3.63, 3.8) is 0 Å². The Morgan fingerprint density at radius 1 is 1.18 bits per heavy atom. The van der Waals surface area contributed by atoms with Gasteiger partial charge in [-0.05, 0) is 59.8 Å². The summed E-state index contributed by atoms with van der Waals surface area (Å²) >= 11 is 6.13. The highest BCUT2D eigenvalue weighted by Gasteiger charge is 2.22. The number of carboxylic acids is 1. The van der Waals surface area contributed by atoms with E-state index in [2.05, 4.69) is 36.2 Å². The van der Waals surface area contributed by atoms with E-state index in [1.807, 2.05) is 6.92 Å². The van der Waals surface area contributed by atoms with Gasteiger partial charge in [0.05, 0.1) is 16.9 Å². The van der Waals surface area contributed by atoms with E-state index >= 15 is 0 Å². The monoisotopic (exact) mass is 535 g/mol. The minimum absolute atomic E-state index is 0.0230. The number of nitrogens with one attached hydrogen (secondary N) is 2. The zero-order valence-electron chi connectivity index (χ0n) is 20.0. The lowest BCUT2D eigenvalue weighted by atomic mass is 10.1. The lowest BCUT2D eigenvalue weighted by molar-refractivity contribution is -0.123. The molecule has 0 spiro atoms. The Balaban J connectivity index is 1.52. The standard InChI is InChI=1S/C24H22ClN9O4/c1-2-33-10-9-18(30-33)12-19(23(36)29-21-7-3-16(13-26-21)24(37)38)28-22(35)8-4-15-11-17(25)5-6-20(15)34-14-27-31-32-34/h3-11,13-14,19H,2,12H2,1H3,(H,28,35)(H,37,38)(H,26,29,36). The highest BCUT2D eigenvalue weighted by atomic mass is 35.5. The molecule has 14 heteroatoms. The number of halogens is 1. The van der Waals surface area contributed by atoms with Gasteiger partial charge in [-0.25, -0.2) is 9.78 Å². The van der Waals surface area contributed by atoms with E-state index in [0.29, 0.717) is 28.5 Å². The summed E-state index contributed by atoms with van der Waals surface area (Å²) < 4.78 is 3.13. The van der Waals surface area contributed by atoms with Gasteiger partial charge in [0.1, 0.15) is 18.2 Å². The lowest BCUT2D eigenvalue weighted by Gasteiger charge is -2.16. The van der Waals surface area contributed by atoms with E-state index in [4.69, 9.17) is 16.7 Å². The normalized spacial score (nSPS) is 11.8. The second-order valence-electron chi connectivity index (χ2n) is 7.95. The molecule has 2 amide bonds. The van der Waals surface area contributed by atoms with Crippen molar-refractivity contribution < 1.29 is 19.5 Å². The maximum absolute atomic E-state index is 13.1. The number of aryl methyl sites for hydroxylation is 1. The van der Waals surface area contributed by atoms with Gasteiger partial charge < -0.3 is 15.7 Å². The molecule has 3 aromatic heterocycles. The van der Waals surface area contributed by atoms with Crippen LogP contribution in [0.25, 0.3) is 11.8 Å². The minimum Gasteiger partial charge on any atom is -0.478 e. The number of pyridine rings is 1. The molecule has 3 N–H and O–H groups in total. The fourth-order valence-corrected chi connectivity index (χ4v) is 3.62. The van der Waals surface area contributed by atoms with Gasteiger partial charge in [-0.1, -0.05) is 11.6 Å². The summed E-state index contributed by atoms with van der Waals surface area (Å²) in [6.07, 6.45) is 7.23. The van der Waals surface area contributed by atoms with Crippen molar-refractivity contribution in [2.24, 2.45) is 0 Å². The van der Waals surface area contributed by atoms with Gasteiger partial charge >= 0.3 is 5.97 Å². The van der Waals surface area contributed by atoms with Crippen LogP contribution in [0.2, 0.25) is 5.02 Å². The largest absolute Gasteiger partial charge is 0.478 e. The zero-order chi connectivity index (χ0) is 27.1. The Labute approximate surface area is 221 Å². The van der Waals surface area contributed by atoms with Gasteiger partial charge in [-0.2, -0.15) is 9.78 Å². The maximum Gasteiger partial charge on any atom is 0.337 e. The first-order valence-corrected chi connectivity index (χ1v) is 11.7. The average Bonchev–Trinajstić information content (AvgIpc) is 3.60. The van der Waals surface area contributed by atoms with Crippen LogP contribution in [0, 0.1) is 0 Å². The molecule has 0 aliphatic rings. The summed E-state index contributed by atoms with van der Waals surface area (Å²) in [5.41, 5.74) is 1.75. The molecule has 0 radical (unpaired) electrons. The van der Waals surface area contributed by atoms with Gasteiger partial charge in [0.15, 0.2) is 0 Å². The van der Waals surface area contributed by atoms with E-state index in [-0.39, 0.29) is 17.8 Å². The van der Waals surface area contributed by atoms with E-state index in [9.17, 15) is 14.4 Å². The highest BCUT2D eigenvalue weighted by molar-refractivity contribution is 6.30. The lowest BCUT2D eigenvalue weighted by Crippen LogP contribution is -2.45. The molecule has 4 aromatic rings. The second kappa shape index (κ2) is 11.9. The average molecular weight is 536 g/mol. The van der Waals surface area contributed by atoms with Crippen molar-refractivity contribution >= 4 is 41.3 Å². The van der Waals surface area contributed by atoms with Gasteiger partial charge in [0, 0.05) is 42.0 Å². The topological polar surface area (TPSA) is 170 Å². The molecule has 0 aliphatic heterocycles. The van der Waals surface area contributed by atoms with Crippen molar-refractivity contribution in [3.8, 4) is 5.69 Å². The molecule has 0 saturated heterocycles. The number of carbonyl (C=O) groups is 3. The Hall–Kier alpha value is -4.91. The van der Waals surface area contributed by atoms with E-state index in [1.165, 1.54) is 35.3 Å². The minimum atomic E-state index is -1.14. The van der Waals surface area contributed by atoms with Crippen LogP contribution in [0.1, 0.15) is 28.5 Å². The molecule has 0 bridgehead atoms. The first-order valence-electron chi connectivity index (χ1n) is 11.4. The van der Waals surface area contributed by atoms with E-state index in [0.717, 1.165) is 6.20 Å². The van der Waals surface area contributed by atoms with Crippen LogP contribution in [0.4, 0.5) is 5.82 Å². The Morgan fingerprint density at radius 2 is 2.03 bits per heavy atom. The van der Waals surface area contributed by atoms with Gasteiger partial charge in [-0.15, -0.1) is 5.10 Å². The SMILES string of the molecule is CCn1ccc(CC(NC(=O)C=Cc2cc(Cl)ccc2-n2cnnn2)C(=O)Nc2ccc(C(=O)O)cn2)n1.